The third-order valence-electron chi connectivity index (χ3n) is 4.25. The molecule has 1 atom stereocenters. The minimum atomic E-state index is 0.0333. The first-order valence-electron chi connectivity index (χ1n) is 7.59. The van der Waals surface area contributed by atoms with Gasteiger partial charge in [0, 0.05) is 23.4 Å². The molecule has 0 N–H and O–H groups in total. The Bertz CT molecular complexity index is 498. The van der Waals surface area contributed by atoms with Crippen molar-refractivity contribution in [3.05, 3.63) is 29.8 Å². The number of carbonyl (C=O) groups is 2. The molecule has 1 heterocycles. The predicted octanol–water partition coefficient (Wildman–Crippen LogP) is 3.63. The lowest BCUT2D eigenvalue weighted by atomic mass is 9.98. The standard InChI is InChI=1S/C17H23NO2S/c1-3-13-4-9-17(20)18(11-10-13)12-16(19)14-5-7-15(21-2)8-6-14/h5-8,13H,3-4,9-12H2,1-2H3. The summed E-state index contributed by atoms with van der Waals surface area (Å²) in [5.74, 6) is 0.779. The van der Waals surface area contributed by atoms with E-state index in [1.54, 1.807) is 16.7 Å². The van der Waals surface area contributed by atoms with Gasteiger partial charge in [-0.25, -0.2) is 0 Å². The molecule has 1 amide bonds. The maximum absolute atomic E-state index is 12.3. The fraction of sp³-hybridized carbons (Fsp3) is 0.529. The number of thioether (sulfide) groups is 1. The maximum atomic E-state index is 12.3. The minimum absolute atomic E-state index is 0.0333. The van der Waals surface area contributed by atoms with Gasteiger partial charge >= 0.3 is 0 Å². The monoisotopic (exact) mass is 305 g/mol. The Morgan fingerprint density at radius 3 is 2.62 bits per heavy atom. The van der Waals surface area contributed by atoms with Crippen LogP contribution < -0.4 is 0 Å². The van der Waals surface area contributed by atoms with Gasteiger partial charge in [0.2, 0.25) is 5.91 Å². The van der Waals surface area contributed by atoms with Crippen LogP contribution in [0.3, 0.4) is 0 Å². The number of nitrogens with zero attached hydrogens (tertiary/aromatic N) is 1. The average molecular weight is 305 g/mol. The number of benzene rings is 1. The highest BCUT2D eigenvalue weighted by Crippen LogP contribution is 2.21. The Balaban J connectivity index is 1.98. The van der Waals surface area contributed by atoms with E-state index < -0.39 is 0 Å². The number of rotatable bonds is 5. The summed E-state index contributed by atoms with van der Waals surface area (Å²) in [7, 11) is 0. The van der Waals surface area contributed by atoms with E-state index in [2.05, 4.69) is 6.92 Å². The summed E-state index contributed by atoms with van der Waals surface area (Å²) in [6, 6.07) is 7.61. The van der Waals surface area contributed by atoms with Crippen LogP contribution in [-0.4, -0.2) is 35.9 Å². The van der Waals surface area contributed by atoms with Crippen LogP contribution in [0.1, 0.15) is 43.0 Å². The number of Topliss-reactive ketones (excluding diaryl/α,β-unsaturated/α-hetero) is 1. The molecule has 0 aromatic heterocycles. The van der Waals surface area contributed by atoms with E-state index in [-0.39, 0.29) is 18.2 Å². The quantitative estimate of drug-likeness (QED) is 0.616. The summed E-state index contributed by atoms with van der Waals surface area (Å²) < 4.78 is 0. The van der Waals surface area contributed by atoms with Gasteiger partial charge in [-0.1, -0.05) is 25.5 Å². The summed E-state index contributed by atoms with van der Waals surface area (Å²) in [5, 5.41) is 0. The topological polar surface area (TPSA) is 37.4 Å². The van der Waals surface area contributed by atoms with Crippen molar-refractivity contribution in [2.45, 2.75) is 37.5 Å². The van der Waals surface area contributed by atoms with Crippen LogP contribution in [0.15, 0.2) is 29.2 Å². The first-order chi connectivity index (χ1) is 10.1. The van der Waals surface area contributed by atoms with E-state index >= 15 is 0 Å². The molecule has 3 nitrogen and oxygen atoms in total. The van der Waals surface area contributed by atoms with Crippen molar-refractivity contribution >= 4 is 23.5 Å². The smallest absolute Gasteiger partial charge is 0.222 e. The zero-order valence-corrected chi connectivity index (χ0v) is 13.6. The number of likely N-dealkylation sites (tertiary alicyclic amines) is 1. The normalized spacial score (nSPS) is 19.4. The van der Waals surface area contributed by atoms with Crippen LogP contribution >= 0.6 is 11.8 Å². The van der Waals surface area contributed by atoms with Gasteiger partial charge in [-0.05, 0) is 37.1 Å². The first kappa shape index (κ1) is 16.1. The largest absolute Gasteiger partial charge is 0.335 e. The molecule has 21 heavy (non-hydrogen) atoms. The van der Waals surface area contributed by atoms with Crippen molar-refractivity contribution in [2.75, 3.05) is 19.3 Å². The van der Waals surface area contributed by atoms with Gasteiger partial charge in [-0.3, -0.25) is 9.59 Å². The summed E-state index contributed by atoms with van der Waals surface area (Å²) in [6.07, 6.45) is 5.68. The molecule has 114 valence electrons. The van der Waals surface area contributed by atoms with Crippen molar-refractivity contribution in [1.29, 1.82) is 0 Å². The molecule has 1 fully saturated rings. The third-order valence-corrected chi connectivity index (χ3v) is 4.99. The Labute approximate surface area is 131 Å². The molecule has 1 aliphatic heterocycles. The Kier molecular flexibility index (Phi) is 5.85. The van der Waals surface area contributed by atoms with Crippen molar-refractivity contribution in [3.8, 4) is 0 Å². The van der Waals surface area contributed by atoms with Crippen LogP contribution in [0.25, 0.3) is 0 Å². The van der Waals surface area contributed by atoms with E-state index in [9.17, 15) is 9.59 Å². The lowest BCUT2D eigenvalue weighted by Gasteiger charge is -2.20. The molecule has 1 aromatic rings. The van der Waals surface area contributed by atoms with Crippen LogP contribution in [0, 0.1) is 5.92 Å². The molecule has 1 unspecified atom stereocenters. The van der Waals surface area contributed by atoms with Gasteiger partial charge in [-0.15, -0.1) is 11.8 Å². The second-order valence-electron chi connectivity index (χ2n) is 5.57. The second kappa shape index (κ2) is 7.64. The van der Waals surface area contributed by atoms with Crippen LogP contribution in [-0.2, 0) is 4.79 Å². The molecule has 0 radical (unpaired) electrons. The van der Waals surface area contributed by atoms with E-state index in [1.807, 2.05) is 30.5 Å². The lowest BCUT2D eigenvalue weighted by Crippen LogP contribution is -2.35. The van der Waals surface area contributed by atoms with Gasteiger partial charge < -0.3 is 4.90 Å². The van der Waals surface area contributed by atoms with E-state index in [0.717, 1.165) is 24.2 Å². The van der Waals surface area contributed by atoms with Crippen LogP contribution in [0.2, 0.25) is 0 Å². The van der Waals surface area contributed by atoms with Crippen LogP contribution in [0.4, 0.5) is 0 Å². The van der Waals surface area contributed by atoms with E-state index in [1.165, 1.54) is 0 Å². The number of carbonyl (C=O) groups excluding carboxylic acids is 2. The molecule has 4 heteroatoms. The fourth-order valence-electron chi connectivity index (χ4n) is 2.71. The van der Waals surface area contributed by atoms with E-state index in [0.29, 0.717) is 24.4 Å². The lowest BCUT2D eigenvalue weighted by molar-refractivity contribution is -0.130. The van der Waals surface area contributed by atoms with Crippen LogP contribution in [0.5, 0.6) is 0 Å². The van der Waals surface area contributed by atoms with E-state index in [4.69, 9.17) is 0 Å². The highest BCUT2D eigenvalue weighted by molar-refractivity contribution is 7.98. The molecule has 1 aromatic carbocycles. The second-order valence-corrected chi connectivity index (χ2v) is 6.45. The highest BCUT2D eigenvalue weighted by atomic mass is 32.2. The van der Waals surface area contributed by atoms with Crippen molar-refractivity contribution in [3.63, 3.8) is 0 Å². The molecule has 0 bridgehead atoms. The van der Waals surface area contributed by atoms with Gasteiger partial charge in [0.15, 0.2) is 5.78 Å². The highest BCUT2D eigenvalue weighted by Gasteiger charge is 2.23. The first-order valence-corrected chi connectivity index (χ1v) is 8.81. The summed E-state index contributed by atoms with van der Waals surface area (Å²) in [4.78, 5) is 27.3. The summed E-state index contributed by atoms with van der Waals surface area (Å²) >= 11 is 1.65. The Hall–Kier alpha value is -1.29. The third kappa shape index (κ3) is 4.34. The zero-order chi connectivity index (χ0) is 15.2. The van der Waals surface area contributed by atoms with Gasteiger partial charge in [0.1, 0.15) is 0 Å². The van der Waals surface area contributed by atoms with Crippen molar-refractivity contribution < 1.29 is 9.59 Å². The van der Waals surface area contributed by atoms with Crippen molar-refractivity contribution in [1.82, 2.24) is 4.90 Å². The van der Waals surface area contributed by atoms with Crippen molar-refractivity contribution in [2.24, 2.45) is 5.92 Å². The summed E-state index contributed by atoms with van der Waals surface area (Å²) in [5.41, 5.74) is 0.692. The Morgan fingerprint density at radius 2 is 2.00 bits per heavy atom. The molecular formula is C17H23NO2S. The number of hydrogen-bond acceptors (Lipinski definition) is 3. The predicted molar refractivity (Wildman–Crippen MR) is 86.8 cm³/mol. The molecule has 1 saturated heterocycles. The number of amides is 1. The molecule has 0 aliphatic carbocycles. The van der Waals surface area contributed by atoms with Gasteiger partial charge in [0.05, 0.1) is 6.54 Å². The SMILES string of the molecule is CCC1CCC(=O)N(CC(=O)c2ccc(SC)cc2)CC1. The zero-order valence-electron chi connectivity index (χ0n) is 12.8. The average Bonchev–Trinajstić information content (AvgIpc) is 2.70. The molecular weight excluding hydrogens is 282 g/mol. The van der Waals surface area contributed by atoms with Gasteiger partial charge in [0.25, 0.3) is 0 Å². The number of hydrogen-bond donors (Lipinski definition) is 0. The fourth-order valence-corrected chi connectivity index (χ4v) is 3.12. The molecule has 0 spiro atoms. The molecule has 0 saturated carbocycles. The van der Waals surface area contributed by atoms with Gasteiger partial charge in [-0.2, -0.15) is 0 Å². The molecule has 2 rings (SSSR count). The maximum Gasteiger partial charge on any atom is 0.222 e. The number of ketones is 1. The Morgan fingerprint density at radius 1 is 1.29 bits per heavy atom. The minimum Gasteiger partial charge on any atom is -0.335 e. The summed E-state index contributed by atoms with van der Waals surface area (Å²) in [6.45, 7) is 3.10. The molecule has 1 aliphatic rings.